The summed E-state index contributed by atoms with van der Waals surface area (Å²) >= 11 is 0. The maximum atomic E-state index is 12.3. The lowest BCUT2D eigenvalue weighted by atomic mass is 10.2. The van der Waals surface area contributed by atoms with E-state index in [0.29, 0.717) is 18.5 Å². The second-order valence-electron chi connectivity index (χ2n) is 6.76. The van der Waals surface area contributed by atoms with Gasteiger partial charge >= 0.3 is 6.03 Å². The number of rotatable bonds is 5. The number of benzene rings is 1. The first-order valence-corrected chi connectivity index (χ1v) is 8.68. The fourth-order valence-corrected chi connectivity index (χ4v) is 3.13. The summed E-state index contributed by atoms with van der Waals surface area (Å²) in [5.74, 6) is 2.16. The summed E-state index contributed by atoms with van der Waals surface area (Å²) in [6.45, 7) is 4.45. The largest absolute Gasteiger partial charge is 0.459 e. The van der Waals surface area contributed by atoms with Gasteiger partial charge in [0.05, 0.1) is 18.8 Å². The third-order valence-corrected chi connectivity index (χ3v) is 4.80. The van der Waals surface area contributed by atoms with Gasteiger partial charge in [-0.2, -0.15) is 5.10 Å². The Kier molecular flexibility index (Phi) is 3.95. The smallest absolute Gasteiger partial charge is 0.320 e. The summed E-state index contributed by atoms with van der Waals surface area (Å²) < 4.78 is 7.64. The number of furan rings is 1. The summed E-state index contributed by atoms with van der Waals surface area (Å²) in [4.78, 5) is 12.3. The van der Waals surface area contributed by atoms with Crippen molar-refractivity contribution in [1.29, 1.82) is 0 Å². The zero-order valence-corrected chi connectivity index (χ0v) is 14.5. The lowest BCUT2D eigenvalue weighted by Crippen LogP contribution is -2.30. The first-order chi connectivity index (χ1) is 12.1. The van der Waals surface area contributed by atoms with Crippen molar-refractivity contribution in [3.63, 3.8) is 0 Å². The molecular formula is C19H22N4O2. The van der Waals surface area contributed by atoms with Crippen LogP contribution < -0.4 is 10.6 Å². The van der Waals surface area contributed by atoms with E-state index in [2.05, 4.69) is 22.7 Å². The molecule has 2 aromatic heterocycles. The normalized spacial score (nSPS) is 15.3. The maximum absolute atomic E-state index is 12.3. The highest BCUT2D eigenvalue weighted by Gasteiger charge is 2.31. The zero-order chi connectivity index (χ0) is 17.4. The Bertz CT molecular complexity index is 874. The van der Waals surface area contributed by atoms with Crippen LogP contribution in [-0.4, -0.2) is 15.8 Å². The molecule has 4 rings (SSSR count). The van der Waals surface area contributed by atoms with Gasteiger partial charge in [-0.15, -0.1) is 0 Å². The highest BCUT2D eigenvalue weighted by atomic mass is 16.3. The van der Waals surface area contributed by atoms with E-state index in [4.69, 9.17) is 4.42 Å². The topological polar surface area (TPSA) is 72.1 Å². The van der Waals surface area contributed by atoms with Crippen LogP contribution in [0.15, 0.2) is 40.9 Å². The van der Waals surface area contributed by atoms with Gasteiger partial charge in [-0.25, -0.2) is 9.48 Å². The van der Waals surface area contributed by atoms with Gasteiger partial charge in [0.15, 0.2) is 0 Å². The van der Waals surface area contributed by atoms with Crippen molar-refractivity contribution in [1.82, 2.24) is 15.1 Å². The van der Waals surface area contributed by atoms with Crippen LogP contribution in [0.5, 0.6) is 0 Å². The van der Waals surface area contributed by atoms with Crippen molar-refractivity contribution >= 4 is 22.8 Å². The van der Waals surface area contributed by atoms with Crippen LogP contribution in [0.2, 0.25) is 0 Å². The molecule has 2 heterocycles. The van der Waals surface area contributed by atoms with Crippen molar-refractivity contribution in [2.75, 3.05) is 5.32 Å². The molecule has 0 aliphatic heterocycles. The minimum Gasteiger partial charge on any atom is -0.459 e. The predicted molar refractivity (Wildman–Crippen MR) is 96.5 cm³/mol. The van der Waals surface area contributed by atoms with Gasteiger partial charge in [-0.3, -0.25) is 5.32 Å². The van der Waals surface area contributed by atoms with Gasteiger partial charge in [0.2, 0.25) is 0 Å². The average molecular weight is 338 g/mol. The van der Waals surface area contributed by atoms with Gasteiger partial charge in [0.25, 0.3) is 0 Å². The van der Waals surface area contributed by atoms with Crippen molar-refractivity contribution in [2.45, 2.75) is 39.3 Å². The fourth-order valence-electron chi connectivity index (χ4n) is 3.13. The summed E-state index contributed by atoms with van der Waals surface area (Å²) in [5, 5.41) is 11.3. The number of nitrogens with zero attached hydrogens (tertiary/aromatic N) is 2. The SMILES string of the molecule is Cc1cnn([C@H](C)C2CC2)c1NC(=O)NCc1cc2ccccc2o1. The van der Waals surface area contributed by atoms with Crippen LogP contribution in [0.25, 0.3) is 11.0 Å². The molecule has 2 amide bonds. The van der Waals surface area contributed by atoms with E-state index in [1.807, 2.05) is 41.9 Å². The van der Waals surface area contributed by atoms with Crippen LogP contribution in [0.4, 0.5) is 10.6 Å². The molecule has 1 saturated carbocycles. The Morgan fingerprint density at radius 1 is 1.40 bits per heavy atom. The van der Waals surface area contributed by atoms with Gasteiger partial charge < -0.3 is 9.73 Å². The number of aryl methyl sites for hydroxylation is 1. The molecule has 1 aliphatic carbocycles. The second-order valence-corrected chi connectivity index (χ2v) is 6.76. The number of carbonyl (C=O) groups is 1. The number of amides is 2. The first-order valence-electron chi connectivity index (χ1n) is 8.68. The number of hydrogen-bond acceptors (Lipinski definition) is 3. The number of hydrogen-bond donors (Lipinski definition) is 2. The molecule has 1 fully saturated rings. The maximum Gasteiger partial charge on any atom is 0.320 e. The second kappa shape index (κ2) is 6.27. The fraction of sp³-hybridized carbons (Fsp3) is 0.368. The Labute approximate surface area is 146 Å². The molecule has 6 nitrogen and oxygen atoms in total. The van der Waals surface area contributed by atoms with Crippen LogP contribution in [0.3, 0.4) is 0 Å². The van der Waals surface area contributed by atoms with Gasteiger partial charge in [-0.05, 0) is 44.7 Å². The third-order valence-electron chi connectivity index (χ3n) is 4.80. The number of aromatic nitrogens is 2. The molecule has 0 spiro atoms. The van der Waals surface area contributed by atoms with Gasteiger partial charge in [-0.1, -0.05) is 18.2 Å². The molecule has 0 unspecified atom stereocenters. The molecule has 1 atom stereocenters. The minimum atomic E-state index is -0.256. The van der Waals surface area contributed by atoms with Crippen LogP contribution in [-0.2, 0) is 6.54 Å². The van der Waals surface area contributed by atoms with E-state index in [0.717, 1.165) is 28.1 Å². The molecule has 0 bridgehead atoms. The molecule has 2 N–H and O–H groups in total. The highest BCUT2D eigenvalue weighted by molar-refractivity contribution is 5.89. The molecule has 0 saturated heterocycles. The number of nitrogens with one attached hydrogen (secondary N) is 2. The first kappa shape index (κ1) is 15.7. The molecule has 130 valence electrons. The third kappa shape index (κ3) is 3.24. The lowest BCUT2D eigenvalue weighted by Gasteiger charge is -2.16. The molecular weight excluding hydrogens is 316 g/mol. The summed E-state index contributed by atoms with van der Waals surface area (Å²) in [7, 11) is 0. The van der Waals surface area contributed by atoms with Gasteiger partial charge in [0.1, 0.15) is 17.2 Å². The van der Waals surface area contributed by atoms with Crippen molar-refractivity contribution in [2.24, 2.45) is 5.92 Å². The summed E-state index contributed by atoms with van der Waals surface area (Å²) in [5.41, 5.74) is 1.79. The van der Waals surface area contributed by atoms with E-state index < -0.39 is 0 Å². The van der Waals surface area contributed by atoms with E-state index in [-0.39, 0.29) is 6.03 Å². The monoisotopic (exact) mass is 338 g/mol. The zero-order valence-electron chi connectivity index (χ0n) is 14.5. The van der Waals surface area contributed by atoms with Gasteiger partial charge in [0, 0.05) is 10.9 Å². The summed E-state index contributed by atoms with van der Waals surface area (Å²) in [6, 6.07) is 9.80. The highest BCUT2D eigenvalue weighted by Crippen LogP contribution is 2.40. The average Bonchev–Trinajstić information content (AvgIpc) is 3.28. The van der Waals surface area contributed by atoms with Crippen molar-refractivity contribution in [3.05, 3.63) is 47.9 Å². The quantitative estimate of drug-likeness (QED) is 0.731. The number of fused-ring (bicyclic) bond motifs is 1. The van der Waals surface area contributed by atoms with E-state index in [1.54, 1.807) is 6.20 Å². The molecule has 1 aliphatic rings. The Morgan fingerprint density at radius 2 is 2.20 bits per heavy atom. The van der Waals surface area contributed by atoms with Crippen LogP contribution in [0.1, 0.15) is 37.1 Å². The predicted octanol–water partition coefficient (Wildman–Crippen LogP) is 4.23. The number of urea groups is 1. The number of para-hydroxylation sites is 1. The molecule has 6 heteroatoms. The standard InChI is InChI=1S/C19H22N4O2/c1-12-10-21-23(13(2)14-7-8-14)18(12)22-19(24)20-11-16-9-15-5-3-4-6-17(15)25-16/h3-6,9-10,13-14H,7-8,11H2,1-2H3,(H2,20,22,24)/t13-/m1/s1. The van der Waals surface area contributed by atoms with E-state index >= 15 is 0 Å². The van der Waals surface area contributed by atoms with Crippen LogP contribution >= 0.6 is 0 Å². The lowest BCUT2D eigenvalue weighted by molar-refractivity contribution is 0.250. The summed E-state index contributed by atoms with van der Waals surface area (Å²) in [6.07, 6.45) is 4.27. The Morgan fingerprint density at radius 3 is 2.96 bits per heavy atom. The Balaban J connectivity index is 1.41. The van der Waals surface area contributed by atoms with Crippen molar-refractivity contribution in [3.8, 4) is 0 Å². The Hall–Kier alpha value is -2.76. The molecule has 1 aromatic carbocycles. The van der Waals surface area contributed by atoms with Crippen LogP contribution in [0, 0.1) is 12.8 Å². The van der Waals surface area contributed by atoms with E-state index in [1.165, 1.54) is 12.8 Å². The van der Waals surface area contributed by atoms with E-state index in [9.17, 15) is 4.79 Å². The van der Waals surface area contributed by atoms with Crippen molar-refractivity contribution < 1.29 is 9.21 Å². The molecule has 25 heavy (non-hydrogen) atoms. The number of carbonyl (C=O) groups excluding carboxylic acids is 1. The molecule has 0 radical (unpaired) electrons. The molecule has 3 aromatic rings. The number of anilines is 1. The minimum absolute atomic E-state index is 0.256.